The topological polar surface area (TPSA) is 78.9 Å². The first kappa shape index (κ1) is 73.9. The number of rotatable bonds is 64. The van der Waals surface area contributed by atoms with Gasteiger partial charge in [0.1, 0.15) is 13.2 Å². The van der Waals surface area contributed by atoms with Gasteiger partial charge in [-0.3, -0.25) is 14.4 Å². The molecule has 76 heavy (non-hydrogen) atoms. The smallest absolute Gasteiger partial charge is 0.306 e. The maximum absolute atomic E-state index is 12.9. The van der Waals surface area contributed by atoms with Gasteiger partial charge in [-0.1, -0.05) is 347 Å². The molecule has 448 valence electrons. The number of hydrogen-bond acceptors (Lipinski definition) is 6. The number of carbonyl (C=O) groups excluding carboxylic acids is 3. The summed E-state index contributed by atoms with van der Waals surface area (Å²) in [6.07, 6.45) is 79.2. The second-order valence-corrected chi connectivity index (χ2v) is 23.5. The monoisotopic (exact) mass is 1070 g/mol. The van der Waals surface area contributed by atoms with Crippen molar-refractivity contribution in [1.29, 1.82) is 0 Å². The van der Waals surface area contributed by atoms with Crippen molar-refractivity contribution < 1.29 is 28.6 Å². The minimum absolute atomic E-state index is 0.0694. The molecule has 0 aliphatic carbocycles. The van der Waals surface area contributed by atoms with Gasteiger partial charge < -0.3 is 14.2 Å². The molecule has 0 aromatic carbocycles. The van der Waals surface area contributed by atoms with Crippen molar-refractivity contribution in [1.82, 2.24) is 0 Å². The lowest BCUT2D eigenvalue weighted by atomic mass is 10.0. The normalized spacial score (nSPS) is 12.1. The lowest BCUT2D eigenvalue weighted by Gasteiger charge is -2.18. The number of allylic oxidation sites excluding steroid dienone is 4. The zero-order chi connectivity index (χ0) is 55.0. The molecule has 0 heterocycles. The third-order valence-corrected chi connectivity index (χ3v) is 15.7. The van der Waals surface area contributed by atoms with Gasteiger partial charge in [-0.05, 0) is 44.9 Å². The van der Waals surface area contributed by atoms with Crippen LogP contribution in [-0.4, -0.2) is 37.2 Å². The summed E-state index contributed by atoms with van der Waals surface area (Å²) in [5.74, 6) is -0.853. The van der Waals surface area contributed by atoms with Crippen molar-refractivity contribution in [3.63, 3.8) is 0 Å². The molecule has 0 saturated carbocycles. The molecule has 1 unspecified atom stereocenters. The Bertz CT molecular complexity index is 1230. The van der Waals surface area contributed by atoms with Crippen LogP contribution in [0.2, 0.25) is 0 Å². The molecule has 6 heteroatoms. The van der Waals surface area contributed by atoms with Crippen LogP contribution in [0, 0.1) is 0 Å². The molecule has 0 aromatic heterocycles. The summed E-state index contributed by atoms with van der Waals surface area (Å²) >= 11 is 0. The molecule has 0 aliphatic heterocycles. The van der Waals surface area contributed by atoms with Crippen molar-refractivity contribution in [3.05, 3.63) is 24.3 Å². The Morgan fingerprint density at radius 3 is 0.776 bits per heavy atom. The Morgan fingerprint density at radius 1 is 0.263 bits per heavy atom. The van der Waals surface area contributed by atoms with E-state index in [1.54, 1.807) is 0 Å². The van der Waals surface area contributed by atoms with Crippen LogP contribution in [-0.2, 0) is 28.6 Å². The van der Waals surface area contributed by atoms with E-state index in [-0.39, 0.29) is 31.1 Å². The van der Waals surface area contributed by atoms with Gasteiger partial charge in [-0.25, -0.2) is 0 Å². The summed E-state index contributed by atoms with van der Waals surface area (Å²) in [7, 11) is 0. The maximum atomic E-state index is 12.9. The highest BCUT2D eigenvalue weighted by Crippen LogP contribution is 2.19. The van der Waals surface area contributed by atoms with E-state index in [0.717, 1.165) is 83.5 Å². The Balaban J connectivity index is 4.23. The van der Waals surface area contributed by atoms with Gasteiger partial charge in [-0.2, -0.15) is 0 Å². The van der Waals surface area contributed by atoms with E-state index in [1.165, 1.54) is 263 Å². The predicted molar refractivity (Wildman–Crippen MR) is 330 cm³/mol. The van der Waals surface area contributed by atoms with Crippen molar-refractivity contribution in [2.24, 2.45) is 0 Å². The Labute approximate surface area is 474 Å². The van der Waals surface area contributed by atoms with E-state index in [9.17, 15) is 14.4 Å². The number of esters is 3. The standard InChI is InChI=1S/C70H132O6/c1-4-7-10-13-16-19-22-25-27-29-31-33-35-37-38-40-42-45-48-51-54-57-60-63-69(72)75-66-67(65-74-68(71)62-59-56-53-50-47-44-24-21-18-15-12-9-6-3)76-70(73)64-61-58-55-52-49-46-43-41-39-36-34-32-30-28-26-23-20-17-14-11-8-5-2/h12,15,21,24,67H,4-11,13-14,16-20,22-23,25-66H2,1-3H3/b15-12-,24-21-. The first-order valence-corrected chi connectivity index (χ1v) is 34.3. The van der Waals surface area contributed by atoms with Crippen LogP contribution in [0.5, 0.6) is 0 Å². The molecule has 0 aromatic rings. The largest absolute Gasteiger partial charge is 0.462 e. The molecule has 0 fully saturated rings. The summed E-state index contributed by atoms with van der Waals surface area (Å²) < 4.78 is 17.0. The zero-order valence-corrected chi connectivity index (χ0v) is 51.6. The van der Waals surface area contributed by atoms with E-state index >= 15 is 0 Å². The molecular weight excluding hydrogens is 937 g/mol. The first-order valence-electron chi connectivity index (χ1n) is 34.3. The third-order valence-electron chi connectivity index (χ3n) is 15.7. The SMILES string of the molecule is CCC/C=C\C/C=C\CCCCCCCC(=O)OCC(COC(=O)CCCCCCCCCCCCCCCCCCCCCCCCC)OC(=O)CCCCCCCCCCCCCCCCCCCCCCCC. The van der Waals surface area contributed by atoms with Gasteiger partial charge >= 0.3 is 17.9 Å². The summed E-state index contributed by atoms with van der Waals surface area (Å²) in [5.41, 5.74) is 0. The van der Waals surface area contributed by atoms with Crippen LogP contribution < -0.4 is 0 Å². The van der Waals surface area contributed by atoms with Gasteiger partial charge in [0.2, 0.25) is 0 Å². The predicted octanol–water partition coefficient (Wildman–Crippen LogP) is 23.4. The fraction of sp³-hybridized carbons (Fsp3) is 0.900. The molecule has 0 spiro atoms. The number of unbranched alkanes of at least 4 members (excludes halogenated alkanes) is 49. The fourth-order valence-electron chi connectivity index (χ4n) is 10.5. The second kappa shape index (κ2) is 65.4. The van der Waals surface area contributed by atoms with E-state index in [0.29, 0.717) is 19.3 Å². The van der Waals surface area contributed by atoms with Gasteiger partial charge in [0, 0.05) is 19.3 Å². The molecule has 0 rings (SSSR count). The molecule has 1 atom stereocenters. The van der Waals surface area contributed by atoms with E-state index in [1.807, 2.05) is 0 Å². The van der Waals surface area contributed by atoms with Crippen LogP contribution in [0.1, 0.15) is 387 Å². The minimum Gasteiger partial charge on any atom is -0.462 e. The van der Waals surface area contributed by atoms with Gasteiger partial charge in [0.15, 0.2) is 6.10 Å². The fourth-order valence-corrected chi connectivity index (χ4v) is 10.5. The molecule has 0 amide bonds. The van der Waals surface area contributed by atoms with Crippen molar-refractivity contribution in [2.45, 2.75) is 393 Å². The van der Waals surface area contributed by atoms with Gasteiger partial charge in [0.05, 0.1) is 0 Å². The highest BCUT2D eigenvalue weighted by atomic mass is 16.6. The average Bonchev–Trinajstić information content (AvgIpc) is 3.42. The van der Waals surface area contributed by atoms with Crippen molar-refractivity contribution in [3.8, 4) is 0 Å². The molecular formula is C70H132O6. The third kappa shape index (κ3) is 62.7. The van der Waals surface area contributed by atoms with E-state index in [2.05, 4.69) is 45.1 Å². The molecule has 0 saturated heterocycles. The Kier molecular flexibility index (Phi) is 63.6. The van der Waals surface area contributed by atoms with Crippen molar-refractivity contribution >= 4 is 17.9 Å². The zero-order valence-electron chi connectivity index (χ0n) is 51.6. The summed E-state index contributed by atoms with van der Waals surface area (Å²) in [6, 6.07) is 0. The minimum atomic E-state index is -0.773. The van der Waals surface area contributed by atoms with Gasteiger partial charge in [-0.15, -0.1) is 0 Å². The van der Waals surface area contributed by atoms with Crippen LogP contribution >= 0.6 is 0 Å². The molecule has 0 radical (unpaired) electrons. The van der Waals surface area contributed by atoms with E-state index < -0.39 is 6.10 Å². The second-order valence-electron chi connectivity index (χ2n) is 23.5. The summed E-state index contributed by atoms with van der Waals surface area (Å²) in [6.45, 7) is 6.65. The lowest BCUT2D eigenvalue weighted by molar-refractivity contribution is -0.167. The Hall–Kier alpha value is -2.11. The highest BCUT2D eigenvalue weighted by Gasteiger charge is 2.19. The number of ether oxygens (including phenoxy) is 3. The lowest BCUT2D eigenvalue weighted by Crippen LogP contribution is -2.30. The first-order chi connectivity index (χ1) is 37.5. The van der Waals surface area contributed by atoms with Crippen LogP contribution in [0.15, 0.2) is 24.3 Å². The average molecular weight is 1070 g/mol. The van der Waals surface area contributed by atoms with Crippen molar-refractivity contribution in [2.75, 3.05) is 13.2 Å². The maximum Gasteiger partial charge on any atom is 0.306 e. The van der Waals surface area contributed by atoms with Crippen LogP contribution in [0.25, 0.3) is 0 Å². The number of carbonyl (C=O) groups is 3. The molecule has 0 bridgehead atoms. The highest BCUT2D eigenvalue weighted by molar-refractivity contribution is 5.71. The van der Waals surface area contributed by atoms with Crippen LogP contribution in [0.4, 0.5) is 0 Å². The Morgan fingerprint density at radius 2 is 0.500 bits per heavy atom. The summed E-state index contributed by atoms with van der Waals surface area (Å²) in [5, 5.41) is 0. The van der Waals surface area contributed by atoms with Crippen LogP contribution in [0.3, 0.4) is 0 Å². The van der Waals surface area contributed by atoms with E-state index in [4.69, 9.17) is 14.2 Å². The molecule has 0 N–H and O–H groups in total. The summed E-state index contributed by atoms with van der Waals surface area (Å²) in [4.78, 5) is 38.4. The molecule has 0 aliphatic rings. The quantitative estimate of drug-likeness (QED) is 0.0261. The van der Waals surface area contributed by atoms with Gasteiger partial charge in [0.25, 0.3) is 0 Å². The molecule has 6 nitrogen and oxygen atoms in total. The number of hydrogen-bond donors (Lipinski definition) is 0.